The average Bonchev–Trinajstić information content (AvgIpc) is 2.71. The zero-order valence-electron chi connectivity index (χ0n) is 11.6. The van der Waals surface area contributed by atoms with E-state index in [0.717, 1.165) is 6.42 Å². The zero-order valence-corrected chi connectivity index (χ0v) is 13.2. The van der Waals surface area contributed by atoms with Gasteiger partial charge in [0, 0.05) is 22.6 Å². The van der Waals surface area contributed by atoms with Crippen LogP contribution in [-0.2, 0) is 0 Å². The van der Waals surface area contributed by atoms with Gasteiger partial charge in [0.25, 0.3) is 5.91 Å². The van der Waals surface area contributed by atoms with Crippen LogP contribution in [0.4, 0.5) is 10.1 Å². The Labute approximate surface area is 135 Å². The molecule has 0 aliphatic carbocycles. The van der Waals surface area contributed by atoms with E-state index in [-0.39, 0.29) is 5.91 Å². The molecule has 1 heterocycles. The third-order valence-corrected chi connectivity index (χ3v) is 3.84. The molecule has 6 heteroatoms. The van der Waals surface area contributed by atoms with E-state index in [1.807, 2.05) is 0 Å². The fourth-order valence-electron chi connectivity index (χ4n) is 2.11. The molecule has 114 valence electrons. The molecule has 0 aromatic heterocycles. The smallest absolute Gasteiger partial charge is 0.256 e. The first-order chi connectivity index (χ1) is 10.6. The SMILES string of the molecule is O=C(Nc1ccc2c(c1)OCCCO2)c1ccc(F)cc1Br. The third-order valence-electron chi connectivity index (χ3n) is 3.18. The first-order valence-electron chi connectivity index (χ1n) is 6.79. The Bertz CT molecular complexity index is 721. The second-order valence-corrected chi connectivity index (χ2v) is 5.64. The Balaban J connectivity index is 1.80. The van der Waals surface area contributed by atoms with Gasteiger partial charge in [-0.1, -0.05) is 0 Å². The van der Waals surface area contributed by atoms with Crippen molar-refractivity contribution in [3.63, 3.8) is 0 Å². The summed E-state index contributed by atoms with van der Waals surface area (Å²) >= 11 is 3.19. The first-order valence-corrected chi connectivity index (χ1v) is 7.59. The van der Waals surface area contributed by atoms with Gasteiger partial charge in [-0.2, -0.15) is 0 Å². The van der Waals surface area contributed by atoms with Crippen LogP contribution in [0.25, 0.3) is 0 Å². The van der Waals surface area contributed by atoms with Crippen molar-refractivity contribution in [2.45, 2.75) is 6.42 Å². The van der Waals surface area contributed by atoms with E-state index in [2.05, 4.69) is 21.2 Å². The number of hydrogen-bond acceptors (Lipinski definition) is 3. The van der Waals surface area contributed by atoms with E-state index >= 15 is 0 Å². The standard InChI is InChI=1S/C16H13BrFNO3/c17-13-8-10(18)2-4-12(13)16(20)19-11-3-5-14-15(9-11)22-7-1-6-21-14/h2-5,8-9H,1,6-7H2,(H,19,20). The molecule has 1 N–H and O–H groups in total. The van der Waals surface area contributed by atoms with Crippen LogP contribution in [0.5, 0.6) is 11.5 Å². The van der Waals surface area contributed by atoms with Crippen molar-refractivity contribution in [2.24, 2.45) is 0 Å². The van der Waals surface area contributed by atoms with Gasteiger partial charge in [-0.25, -0.2) is 4.39 Å². The lowest BCUT2D eigenvalue weighted by molar-refractivity contribution is 0.102. The second kappa shape index (κ2) is 6.36. The normalized spacial score (nSPS) is 13.4. The highest BCUT2D eigenvalue weighted by molar-refractivity contribution is 9.10. The van der Waals surface area contributed by atoms with E-state index in [0.29, 0.717) is 40.4 Å². The Morgan fingerprint density at radius 1 is 1.09 bits per heavy atom. The van der Waals surface area contributed by atoms with E-state index in [9.17, 15) is 9.18 Å². The topological polar surface area (TPSA) is 47.6 Å². The number of carbonyl (C=O) groups excluding carboxylic acids is 1. The number of carbonyl (C=O) groups is 1. The molecule has 2 aromatic rings. The van der Waals surface area contributed by atoms with Crippen LogP contribution in [0, 0.1) is 5.82 Å². The summed E-state index contributed by atoms with van der Waals surface area (Å²) < 4.78 is 24.6. The number of anilines is 1. The highest BCUT2D eigenvalue weighted by Crippen LogP contribution is 2.32. The van der Waals surface area contributed by atoms with Gasteiger partial charge in [0.1, 0.15) is 5.82 Å². The van der Waals surface area contributed by atoms with Crippen molar-refractivity contribution < 1.29 is 18.7 Å². The summed E-state index contributed by atoms with van der Waals surface area (Å²) in [6.07, 6.45) is 0.818. The van der Waals surface area contributed by atoms with E-state index in [1.165, 1.54) is 18.2 Å². The number of rotatable bonds is 2. The maximum atomic E-state index is 13.1. The van der Waals surface area contributed by atoms with Gasteiger partial charge < -0.3 is 14.8 Å². The number of ether oxygens (including phenoxy) is 2. The Morgan fingerprint density at radius 2 is 1.86 bits per heavy atom. The molecule has 0 unspecified atom stereocenters. The molecule has 0 radical (unpaired) electrons. The molecular formula is C16H13BrFNO3. The number of fused-ring (bicyclic) bond motifs is 1. The first kappa shape index (κ1) is 14.8. The van der Waals surface area contributed by atoms with Crippen molar-refractivity contribution in [3.05, 3.63) is 52.3 Å². The van der Waals surface area contributed by atoms with Gasteiger partial charge in [0.2, 0.25) is 0 Å². The Hall–Kier alpha value is -2.08. The lowest BCUT2D eigenvalue weighted by Crippen LogP contribution is -2.12. The molecule has 0 atom stereocenters. The Morgan fingerprint density at radius 3 is 2.64 bits per heavy atom. The number of halogens is 2. The predicted molar refractivity (Wildman–Crippen MR) is 84.1 cm³/mol. The van der Waals surface area contributed by atoms with E-state index < -0.39 is 5.82 Å². The summed E-state index contributed by atoms with van der Waals surface area (Å²) in [5.74, 6) is 0.535. The lowest BCUT2D eigenvalue weighted by Gasteiger charge is -2.11. The second-order valence-electron chi connectivity index (χ2n) is 4.79. The molecule has 0 fully saturated rings. The maximum Gasteiger partial charge on any atom is 0.256 e. The summed E-state index contributed by atoms with van der Waals surface area (Å²) in [5.41, 5.74) is 0.944. The van der Waals surface area contributed by atoms with Crippen LogP contribution in [0.1, 0.15) is 16.8 Å². The Kier molecular flexibility index (Phi) is 4.29. The maximum absolute atomic E-state index is 13.1. The van der Waals surface area contributed by atoms with Gasteiger partial charge in [-0.3, -0.25) is 4.79 Å². The van der Waals surface area contributed by atoms with Gasteiger partial charge in [0.05, 0.1) is 18.8 Å². The molecule has 0 spiro atoms. The highest BCUT2D eigenvalue weighted by Gasteiger charge is 2.14. The molecule has 0 saturated carbocycles. The van der Waals surface area contributed by atoms with E-state index in [4.69, 9.17) is 9.47 Å². The van der Waals surface area contributed by atoms with Gasteiger partial charge in [0.15, 0.2) is 11.5 Å². The van der Waals surface area contributed by atoms with Crippen LogP contribution < -0.4 is 14.8 Å². The molecule has 4 nitrogen and oxygen atoms in total. The minimum absolute atomic E-state index is 0.332. The molecule has 1 amide bonds. The molecular weight excluding hydrogens is 353 g/mol. The number of amides is 1. The van der Waals surface area contributed by atoms with Crippen LogP contribution in [0.2, 0.25) is 0 Å². The summed E-state index contributed by atoms with van der Waals surface area (Å²) in [4.78, 5) is 12.2. The van der Waals surface area contributed by atoms with Gasteiger partial charge in [-0.15, -0.1) is 0 Å². The van der Waals surface area contributed by atoms with Crippen molar-refractivity contribution in [1.82, 2.24) is 0 Å². The van der Waals surface area contributed by atoms with Crippen molar-refractivity contribution in [1.29, 1.82) is 0 Å². The lowest BCUT2D eigenvalue weighted by atomic mass is 10.2. The number of hydrogen-bond donors (Lipinski definition) is 1. The third kappa shape index (κ3) is 3.22. The molecule has 3 rings (SSSR count). The van der Waals surface area contributed by atoms with E-state index in [1.54, 1.807) is 18.2 Å². The fraction of sp³-hybridized carbons (Fsp3) is 0.188. The highest BCUT2D eigenvalue weighted by atomic mass is 79.9. The molecule has 0 bridgehead atoms. The van der Waals surface area contributed by atoms with Crippen LogP contribution in [-0.4, -0.2) is 19.1 Å². The van der Waals surface area contributed by atoms with Crippen molar-refractivity contribution in [3.8, 4) is 11.5 Å². The van der Waals surface area contributed by atoms with Crippen LogP contribution in [0.15, 0.2) is 40.9 Å². The molecule has 1 aliphatic rings. The monoisotopic (exact) mass is 365 g/mol. The minimum Gasteiger partial charge on any atom is -0.490 e. The quantitative estimate of drug-likeness (QED) is 0.874. The molecule has 2 aromatic carbocycles. The molecule has 0 saturated heterocycles. The zero-order chi connectivity index (χ0) is 15.5. The number of benzene rings is 2. The fourth-order valence-corrected chi connectivity index (χ4v) is 2.64. The molecule has 1 aliphatic heterocycles. The summed E-state index contributed by atoms with van der Waals surface area (Å²) in [6.45, 7) is 1.19. The van der Waals surface area contributed by atoms with Crippen molar-refractivity contribution >= 4 is 27.5 Å². The average molecular weight is 366 g/mol. The van der Waals surface area contributed by atoms with Crippen LogP contribution >= 0.6 is 15.9 Å². The number of nitrogens with one attached hydrogen (secondary N) is 1. The summed E-state index contributed by atoms with van der Waals surface area (Å²) in [6, 6.07) is 9.14. The minimum atomic E-state index is -0.404. The van der Waals surface area contributed by atoms with Gasteiger partial charge >= 0.3 is 0 Å². The predicted octanol–water partition coefficient (Wildman–Crippen LogP) is 4.00. The summed E-state index contributed by atoms with van der Waals surface area (Å²) in [7, 11) is 0. The summed E-state index contributed by atoms with van der Waals surface area (Å²) in [5, 5.41) is 2.76. The van der Waals surface area contributed by atoms with Gasteiger partial charge in [-0.05, 0) is 46.3 Å². The van der Waals surface area contributed by atoms with Crippen LogP contribution in [0.3, 0.4) is 0 Å². The van der Waals surface area contributed by atoms with Crippen molar-refractivity contribution in [2.75, 3.05) is 18.5 Å². The molecule has 22 heavy (non-hydrogen) atoms. The largest absolute Gasteiger partial charge is 0.490 e.